The zero-order valence-corrected chi connectivity index (χ0v) is 41.8. The maximum atomic E-state index is 2.79. The lowest BCUT2D eigenvalue weighted by atomic mass is 9.39. The highest BCUT2D eigenvalue weighted by Gasteiger charge is 2.51. The fourth-order valence-electron chi connectivity index (χ4n) is 13.4. The van der Waals surface area contributed by atoms with Crippen molar-refractivity contribution in [3.05, 3.63) is 202 Å². The van der Waals surface area contributed by atoms with Gasteiger partial charge in [-0.15, -0.1) is 11.3 Å². The minimum Gasteiger partial charge on any atom is -0.376 e. The molecule has 68 heavy (non-hydrogen) atoms. The molecular formula is C65H60BNS. The molecule has 1 aliphatic carbocycles. The van der Waals surface area contributed by atoms with E-state index in [0.29, 0.717) is 0 Å². The minimum atomic E-state index is -0.174. The molecule has 9 aromatic rings. The van der Waals surface area contributed by atoms with E-state index in [4.69, 9.17) is 0 Å². The standard InChI is InChI=1S/C65H60BNS/c1-9-10-20-40-28-29-44(47(34-40)41-21-12-11-13-22-41)58-50-36-42(43-23-15-14-19-39(43)2)35-49-45-24-18-26-52-61(45)67(56-27-17-16-25-51(56)65(52,7)8)66(60(49)50)55-31-30-46-48-37-53-54(38-57(48)68-62(46)59(55)58)64(5,6)33-32-63(53,3)4/h11-19,21-31,34-38,58H,9-10,20,32-33H2,1-8H3. The highest BCUT2D eigenvalue weighted by Crippen LogP contribution is 2.57. The third-order valence-corrected chi connectivity index (χ3v) is 18.4. The van der Waals surface area contributed by atoms with E-state index in [-0.39, 0.29) is 29.0 Å². The molecule has 334 valence electrons. The Bertz CT molecular complexity index is 3570. The van der Waals surface area contributed by atoms with Gasteiger partial charge >= 0.3 is 6.85 Å². The van der Waals surface area contributed by atoms with Crippen LogP contribution in [0.5, 0.6) is 0 Å². The lowest BCUT2D eigenvalue weighted by Gasteiger charge is -2.51. The Labute approximate surface area is 408 Å². The molecule has 3 aliphatic heterocycles. The number of aryl methyl sites for hydroxylation is 2. The van der Waals surface area contributed by atoms with Crippen molar-refractivity contribution in [1.29, 1.82) is 0 Å². The van der Waals surface area contributed by atoms with Gasteiger partial charge in [-0.05, 0) is 157 Å². The molecule has 0 amide bonds. The number of hydrogen-bond donors (Lipinski definition) is 0. The number of nitrogens with zero attached hydrogens (tertiary/aromatic N) is 1. The summed E-state index contributed by atoms with van der Waals surface area (Å²) in [6, 6.07) is 59.9. The fourth-order valence-corrected chi connectivity index (χ4v) is 14.7. The van der Waals surface area contributed by atoms with Crippen molar-refractivity contribution >= 4 is 60.7 Å². The molecule has 4 heterocycles. The lowest BCUT2D eigenvalue weighted by Crippen LogP contribution is -2.63. The Kier molecular flexibility index (Phi) is 9.21. The van der Waals surface area contributed by atoms with Crippen molar-refractivity contribution in [1.82, 2.24) is 0 Å². The number of anilines is 2. The zero-order chi connectivity index (χ0) is 46.4. The zero-order valence-electron chi connectivity index (χ0n) is 41.0. The van der Waals surface area contributed by atoms with E-state index in [0.717, 1.165) is 6.42 Å². The van der Waals surface area contributed by atoms with Gasteiger partial charge in [0.15, 0.2) is 0 Å². The molecule has 1 aromatic heterocycles. The van der Waals surface area contributed by atoms with Gasteiger partial charge in [0.2, 0.25) is 0 Å². The van der Waals surface area contributed by atoms with Crippen molar-refractivity contribution in [3.8, 4) is 33.4 Å². The second-order valence-electron chi connectivity index (χ2n) is 22.5. The molecule has 3 heteroatoms. The summed E-state index contributed by atoms with van der Waals surface area (Å²) in [5.74, 6) is -0.0186. The largest absolute Gasteiger partial charge is 0.376 e. The molecule has 1 atom stereocenters. The molecule has 8 aromatic carbocycles. The van der Waals surface area contributed by atoms with E-state index in [2.05, 4.69) is 223 Å². The smallest absolute Gasteiger partial charge is 0.329 e. The normalized spacial score (nSPS) is 17.6. The molecule has 13 rings (SSSR count). The molecule has 0 saturated heterocycles. The van der Waals surface area contributed by atoms with Crippen LogP contribution in [0.15, 0.2) is 152 Å². The van der Waals surface area contributed by atoms with Crippen molar-refractivity contribution in [2.75, 3.05) is 4.81 Å². The first-order chi connectivity index (χ1) is 32.9. The number of rotatable bonds is 6. The number of thiophene rings is 1. The summed E-state index contributed by atoms with van der Waals surface area (Å²) < 4.78 is 2.85. The average Bonchev–Trinajstić information content (AvgIpc) is 3.72. The highest BCUT2D eigenvalue weighted by atomic mass is 32.1. The number of unbranched alkanes of at least 4 members (excludes halogenated alkanes) is 1. The van der Waals surface area contributed by atoms with Crippen LogP contribution < -0.4 is 15.7 Å². The number of fused-ring (bicyclic) bond motifs is 11. The molecule has 4 aliphatic rings. The molecule has 0 spiro atoms. The van der Waals surface area contributed by atoms with Crippen molar-refractivity contribution in [3.63, 3.8) is 0 Å². The van der Waals surface area contributed by atoms with Gasteiger partial charge in [-0.3, -0.25) is 0 Å². The van der Waals surface area contributed by atoms with Crippen molar-refractivity contribution < 1.29 is 0 Å². The van der Waals surface area contributed by atoms with Gasteiger partial charge < -0.3 is 4.81 Å². The van der Waals surface area contributed by atoms with Crippen LogP contribution in [0.2, 0.25) is 0 Å². The number of hydrogen-bond acceptors (Lipinski definition) is 2. The van der Waals surface area contributed by atoms with E-state index in [1.807, 2.05) is 0 Å². The predicted molar refractivity (Wildman–Crippen MR) is 294 cm³/mol. The third-order valence-electron chi connectivity index (χ3n) is 17.2. The summed E-state index contributed by atoms with van der Waals surface area (Å²) in [6.07, 6.45) is 5.86. The van der Waals surface area contributed by atoms with E-state index in [1.54, 1.807) is 0 Å². The van der Waals surface area contributed by atoms with Gasteiger partial charge in [0.1, 0.15) is 0 Å². The summed E-state index contributed by atoms with van der Waals surface area (Å²) in [5.41, 5.74) is 26.5. The Balaban J connectivity index is 1.21. The predicted octanol–water partition coefficient (Wildman–Crippen LogP) is 16.4. The highest BCUT2D eigenvalue weighted by molar-refractivity contribution is 7.26. The van der Waals surface area contributed by atoms with Crippen molar-refractivity contribution in [2.45, 2.75) is 110 Å². The number of para-hydroxylation sites is 2. The van der Waals surface area contributed by atoms with Crippen LogP contribution in [0.1, 0.15) is 130 Å². The van der Waals surface area contributed by atoms with Crippen LogP contribution in [0.4, 0.5) is 11.4 Å². The third kappa shape index (κ3) is 5.94. The summed E-state index contributed by atoms with van der Waals surface area (Å²) in [4.78, 5) is 2.79. The van der Waals surface area contributed by atoms with Gasteiger partial charge in [0.25, 0.3) is 0 Å². The van der Waals surface area contributed by atoms with E-state index in [1.165, 1.54) is 152 Å². The average molecular weight is 898 g/mol. The Morgan fingerprint density at radius 1 is 0.588 bits per heavy atom. The van der Waals surface area contributed by atoms with Crippen LogP contribution in [0.3, 0.4) is 0 Å². The van der Waals surface area contributed by atoms with E-state index in [9.17, 15) is 0 Å². The molecule has 0 radical (unpaired) electrons. The summed E-state index contributed by atoms with van der Waals surface area (Å²) >= 11 is 2.06. The topological polar surface area (TPSA) is 3.24 Å². The van der Waals surface area contributed by atoms with Gasteiger partial charge in [-0.1, -0.05) is 182 Å². The first-order valence-electron chi connectivity index (χ1n) is 25.3. The first-order valence-corrected chi connectivity index (χ1v) is 26.2. The minimum absolute atomic E-state index is 0.0186. The molecule has 0 N–H and O–H groups in total. The summed E-state index contributed by atoms with van der Waals surface area (Å²) in [7, 11) is 0. The Morgan fingerprint density at radius 2 is 1.31 bits per heavy atom. The SMILES string of the molecule is CCCCc1ccc(C2c3cc(-c4ccccc4C)cc4c3B(c3ccc5c(sc6cc7c(cc65)C(C)(C)CCC7(C)C)c32)N2c3ccccc3C(C)(C)c3cccc-4c32)c(-c2ccccc2)c1. The maximum absolute atomic E-state index is 2.79. The summed E-state index contributed by atoms with van der Waals surface area (Å²) in [5, 5.41) is 2.81. The van der Waals surface area contributed by atoms with Crippen molar-refractivity contribution in [2.24, 2.45) is 0 Å². The molecular weight excluding hydrogens is 838 g/mol. The second-order valence-corrected chi connectivity index (χ2v) is 23.5. The molecule has 0 bridgehead atoms. The molecule has 1 unspecified atom stereocenters. The van der Waals surface area contributed by atoms with Crippen LogP contribution in [-0.2, 0) is 22.7 Å². The molecule has 1 nitrogen and oxygen atoms in total. The molecule has 0 saturated carbocycles. The van der Waals surface area contributed by atoms with Crippen LogP contribution in [0, 0.1) is 6.92 Å². The van der Waals surface area contributed by atoms with Gasteiger partial charge in [-0.25, -0.2) is 0 Å². The van der Waals surface area contributed by atoms with Gasteiger partial charge in [-0.2, -0.15) is 0 Å². The number of benzene rings is 8. The summed E-state index contributed by atoms with van der Waals surface area (Å²) in [6.45, 7) is 19.3. The van der Waals surface area contributed by atoms with E-state index >= 15 is 0 Å². The fraction of sp³-hybridized carbons (Fsp3) is 0.262. The second kappa shape index (κ2) is 14.9. The molecule has 0 fully saturated rings. The van der Waals surface area contributed by atoms with E-state index < -0.39 is 0 Å². The lowest BCUT2D eigenvalue weighted by molar-refractivity contribution is 0.332. The Morgan fingerprint density at radius 3 is 2.10 bits per heavy atom. The Hall–Kier alpha value is -6.16. The van der Waals surface area contributed by atoms with Crippen LogP contribution >= 0.6 is 11.3 Å². The van der Waals surface area contributed by atoms with Gasteiger partial charge in [0.05, 0.1) is 0 Å². The monoisotopic (exact) mass is 897 g/mol. The quantitative estimate of drug-likeness (QED) is 0.150. The van der Waals surface area contributed by atoms with Gasteiger partial charge in [0, 0.05) is 48.4 Å². The first kappa shape index (κ1) is 42.0. The van der Waals surface area contributed by atoms with Crippen LogP contribution in [-0.4, -0.2) is 6.85 Å². The maximum Gasteiger partial charge on any atom is 0.329 e. The van der Waals surface area contributed by atoms with Crippen LogP contribution in [0.25, 0.3) is 53.6 Å².